The molecule has 0 aromatic heterocycles. The van der Waals surface area contributed by atoms with Crippen molar-refractivity contribution in [3.8, 4) is 11.5 Å². The molecule has 1 saturated carbocycles. The third-order valence-corrected chi connectivity index (χ3v) is 7.63. The van der Waals surface area contributed by atoms with Crippen LogP contribution >= 0.6 is 0 Å². The molecule has 1 aliphatic carbocycles. The Morgan fingerprint density at radius 2 is 1.69 bits per heavy atom. The summed E-state index contributed by atoms with van der Waals surface area (Å²) in [5, 5.41) is 24.6. The van der Waals surface area contributed by atoms with Crippen molar-refractivity contribution in [2.24, 2.45) is 5.92 Å². The fourth-order valence-electron chi connectivity index (χ4n) is 6.27. The van der Waals surface area contributed by atoms with E-state index in [9.17, 15) is 15.0 Å². The average molecular weight is 474 g/mol. The Balaban J connectivity index is 1.88. The Morgan fingerprint density at radius 3 is 2.29 bits per heavy atom. The molecule has 0 bridgehead atoms. The molecule has 3 aromatic carbocycles. The lowest BCUT2D eigenvalue weighted by Gasteiger charge is -2.41. The summed E-state index contributed by atoms with van der Waals surface area (Å²) in [7, 11) is 4.92. The number of carbonyl (C=O) groups excluding carboxylic acids is 1. The highest BCUT2D eigenvalue weighted by Crippen LogP contribution is 2.69. The molecule has 2 aliphatic rings. The highest BCUT2D eigenvalue weighted by molar-refractivity contribution is 5.82. The van der Waals surface area contributed by atoms with Crippen LogP contribution in [0.1, 0.15) is 33.7 Å². The van der Waals surface area contributed by atoms with Crippen LogP contribution in [0.15, 0.2) is 66.7 Å². The third kappa shape index (κ3) is 3.06. The van der Waals surface area contributed by atoms with Gasteiger partial charge in [-0.05, 0) is 54.3 Å². The molecule has 182 valence electrons. The fourth-order valence-corrected chi connectivity index (χ4v) is 6.27. The van der Waals surface area contributed by atoms with Gasteiger partial charge in [-0.15, -0.1) is 0 Å². The van der Waals surface area contributed by atoms with Crippen LogP contribution in [-0.4, -0.2) is 48.3 Å². The summed E-state index contributed by atoms with van der Waals surface area (Å²) >= 11 is 0. The van der Waals surface area contributed by atoms with E-state index in [0.29, 0.717) is 22.6 Å². The smallest absolute Gasteiger partial charge is 0.228 e. The summed E-state index contributed by atoms with van der Waals surface area (Å²) in [5.41, 5.74) is 0.476. The standard InChI is InChI=1S/C29H31NO5/c1-17-15-18(2)24-22(16-17)35-29(20-11-13-21(34-5)14-12-20)25(19-9-7-6-8-10-19)23(27(32)30(3)4)26(31)28(24,29)33/h6-16,23,25-26,31,33H,1-5H3/t23-,25-,26+,28-,29-/m0/s1. The zero-order chi connectivity index (χ0) is 25.1. The molecule has 35 heavy (non-hydrogen) atoms. The largest absolute Gasteiger partial charge is 0.497 e. The van der Waals surface area contributed by atoms with Gasteiger partial charge in [-0.2, -0.15) is 0 Å². The van der Waals surface area contributed by atoms with E-state index in [0.717, 1.165) is 16.7 Å². The Bertz CT molecular complexity index is 1270. The first-order valence-corrected chi connectivity index (χ1v) is 11.8. The maximum Gasteiger partial charge on any atom is 0.228 e. The number of methoxy groups -OCH3 is 1. The number of aryl methyl sites for hydroxylation is 2. The van der Waals surface area contributed by atoms with Crippen LogP contribution in [0.4, 0.5) is 0 Å². The van der Waals surface area contributed by atoms with Gasteiger partial charge in [0.1, 0.15) is 17.6 Å². The third-order valence-electron chi connectivity index (χ3n) is 7.63. The van der Waals surface area contributed by atoms with Crippen LogP contribution < -0.4 is 9.47 Å². The minimum Gasteiger partial charge on any atom is -0.497 e. The monoisotopic (exact) mass is 473 g/mol. The first-order chi connectivity index (χ1) is 16.7. The number of nitrogens with zero attached hydrogens (tertiary/aromatic N) is 1. The molecule has 0 saturated heterocycles. The molecular formula is C29H31NO5. The number of carbonyl (C=O) groups is 1. The Morgan fingerprint density at radius 1 is 1.03 bits per heavy atom. The van der Waals surface area contributed by atoms with Crippen molar-refractivity contribution in [1.29, 1.82) is 0 Å². The van der Waals surface area contributed by atoms with Crippen molar-refractivity contribution >= 4 is 5.91 Å². The molecule has 5 atom stereocenters. The van der Waals surface area contributed by atoms with E-state index in [1.807, 2.05) is 80.6 Å². The highest BCUT2D eigenvalue weighted by atomic mass is 16.5. The molecule has 5 rings (SSSR count). The minimum atomic E-state index is -1.87. The second-order valence-corrected chi connectivity index (χ2v) is 9.88. The topological polar surface area (TPSA) is 79.2 Å². The molecule has 0 spiro atoms. The zero-order valence-corrected chi connectivity index (χ0v) is 20.6. The number of hydrogen-bond donors (Lipinski definition) is 2. The van der Waals surface area contributed by atoms with E-state index in [1.54, 1.807) is 21.2 Å². The molecule has 6 heteroatoms. The van der Waals surface area contributed by atoms with Crippen LogP contribution in [0.3, 0.4) is 0 Å². The van der Waals surface area contributed by atoms with Crippen molar-refractivity contribution in [2.45, 2.75) is 37.1 Å². The Labute approximate surface area is 205 Å². The lowest BCUT2D eigenvalue weighted by Crippen LogP contribution is -2.52. The van der Waals surface area contributed by atoms with E-state index in [-0.39, 0.29) is 5.91 Å². The summed E-state index contributed by atoms with van der Waals surface area (Å²) in [6, 6.07) is 20.7. The summed E-state index contributed by atoms with van der Waals surface area (Å²) in [5.74, 6) is -0.687. The van der Waals surface area contributed by atoms with Crippen LogP contribution in [-0.2, 0) is 16.0 Å². The molecule has 1 fully saturated rings. The van der Waals surface area contributed by atoms with Crippen LogP contribution in [0.2, 0.25) is 0 Å². The second-order valence-electron chi connectivity index (χ2n) is 9.88. The number of hydrogen-bond acceptors (Lipinski definition) is 5. The molecular weight excluding hydrogens is 442 g/mol. The van der Waals surface area contributed by atoms with Gasteiger partial charge >= 0.3 is 0 Å². The first-order valence-electron chi connectivity index (χ1n) is 11.8. The lowest BCUT2D eigenvalue weighted by molar-refractivity contribution is -0.156. The number of fused-ring (bicyclic) bond motifs is 3. The van der Waals surface area contributed by atoms with Gasteiger partial charge in [-0.3, -0.25) is 4.79 Å². The number of benzene rings is 3. The van der Waals surface area contributed by atoms with Crippen LogP contribution in [0.25, 0.3) is 0 Å². The maximum atomic E-state index is 13.6. The van der Waals surface area contributed by atoms with Gasteiger partial charge in [-0.25, -0.2) is 0 Å². The van der Waals surface area contributed by atoms with Gasteiger partial charge < -0.3 is 24.6 Å². The molecule has 6 nitrogen and oxygen atoms in total. The van der Waals surface area contributed by atoms with Crippen LogP contribution in [0, 0.1) is 19.8 Å². The van der Waals surface area contributed by atoms with Crippen molar-refractivity contribution in [3.05, 3.63) is 94.5 Å². The summed E-state index contributed by atoms with van der Waals surface area (Å²) in [6.45, 7) is 3.88. The van der Waals surface area contributed by atoms with Crippen molar-refractivity contribution in [1.82, 2.24) is 4.90 Å². The van der Waals surface area contributed by atoms with E-state index < -0.39 is 29.1 Å². The molecule has 1 heterocycles. The van der Waals surface area contributed by atoms with Gasteiger partial charge in [0.25, 0.3) is 0 Å². The molecule has 3 aromatic rings. The SMILES string of the molecule is COc1ccc([C@@]23Oc4cc(C)cc(C)c4[C@]2(O)[C@H](O)[C@@H](C(=O)N(C)C)[C@@H]3c2ccccc2)cc1. The summed E-state index contributed by atoms with van der Waals surface area (Å²) in [4.78, 5) is 15.1. The normalized spacial score (nSPS) is 28.7. The number of ether oxygens (including phenoxy) is 2. The van der Waals surface area contributed by atoms with Gasteiger partial charge in [0.2, 0.25) is 5.91 Å². The molecule has 1 aliphatic heterocycles. The number of rotatable bonds is 4. The maximum absolute atomic E-state index is 13.6. The predicted molar refractivity (Wildman–Crippen MR) is 132 cm³/mol. The number of amides is 1. The van der Waals surface area contributed by atoms with E-state index in [1.165, 1.54) is 4.90 Å². The first kappa shape index (κ1) is 23.4. The van der Waals surface area contributed by atoms with Gasteiger partial charge in [-0.1, -0.05) is 48.5 Å². The quantitative estimate of drug-likeness (QED) is 0.605. The molecule has 1 amide bonds. The van der Waals surface area contributed by atoms with E-state index in [2.05, 4.69) is 0 Å². The van der Waals surface area contributed by atoms with Crippen molar-refractivity contribution < 1.29 is 24.5 Å². The van der Waals surface area contributed by atoms with E-state index in [4.69, 9.17) is 9.47 Å². The predicted octanol–water partition coefficient (Wildman–Crippen LogP) is 3.65. The van der Waals surface area contributed by atoms with Gasteiger partial charge in [0, 0.05) is 25.6 Å². The van der Waals surface area contributed by atoms with Crippen molar-refractivity contribution in [3.63, 3.8) is 0 Å². The van der Waals surface area contributed by atoms with Gasteiger partial charge in [0.15, 0.2) is 11.2 Å². The molecule has 0 unspecified atom stereocenters. The number of aliphatic hydroxyl groups excluding tert-OH is 1. The lowest BCUT2D eigenvalue weighted by atomic mass is 9.70. The molecule has 0 radical (unpaired) electrons. The zero-order valence-electron chi connectivity index (χ0n) is 20.6. The summed E-state index contributed by atoms with van der Waals surface area (Å²) < 4.78 is 12.2. The van der Waals surface area contributed by atoms with E-state index >= 15 is 0 Å². The second kappa shape index (κ2) is 8.11. The Kier molecular flexibility index (Phi) is 5.42. The average Bonchev–Trinajstić information content (AvgIpc) is 3.21. The highest BCUT2D eigenvalue weighted by Gasteiger charge is 2.77. The minimum absolute atomic E-state index is 0.267. The fraction of sp³-hybridized carbons (Fsp3) is 0.345. The Hall–Kier alpha value is -3.35. The van der Waals surface area contributed by atoms with Crippen LogP contribution in [0.5, 0.6) is 11.5 Å². The van der Waals surface area contributed by atoms with Gasteiger partial charge in [0.05, 0.1) is 13.0 Å². The summed E-state index contributed by atoms with van der Waals surface area (Å²) in [6.07, 6.45) is -1.41. The molecule has 2 N–H and O–H groups in total. The number of aliphatic hydroxyl groups is 2. The van der Waals surface area contributed by atoms with Crippen molar-refractivity contribution in [2.75, 3.05) is 21.2 Å².